The standard InChI is InChI=1S/C12H18N2O5/c1-3-7-5-14(12(17)13-11(7)16)10-4-8(18-2)9(6-15)19-10/h5,8-10,15H,3-4,6H2,1-2H3,(H,13,16,17)/t8?,9-,10-/m0/s1. The molecule has 1 aliphatic rings. The van der Waals surface area contributed by atoms with E-state index in [4.69, 9.17) is 9.47 Å². The summed E-state index contributed by atoms with van der Waals surface area (Å²) in [7, 11) is 1.53. The first kappa shape index (κ1) is 14.0. The van der Waals surface area contributed by atoms with E-state index in [-0.39, 0.29) is 18.3 Å². The van der Waals surface area contributed by atoms with Gasteiger partial charge in [0, 0.05) is 25.3 Å². The number of aliphatic hydroxyl groups excluding tert-OH is 1. The van der Waals surface area contributed by atoms with Crippen LogP contribution in [-0.4, -0.2) is 40.6 Å². The Kier molecular flexibility index (Phi) is 4.18. The number of aliphatic hydroxyl groups is 1. The van der Waals surface area contributed by atoms with Crippen LogP contribution in [0.4, 0.5) is 0 Å². The lowest BCUT2D eigenvalue weighted by Crippen LogP contribution is -2.34. The van der Waals surface area contributed by atoms with Gasteiger partial charge in [-0.2, -0.15) is 0 Å². The first-order valence-corrected chi connectivity index (χ1v) is 6.24. The zero-order valence-corrected chi connectivity index (χ0v) is 11.0. The third-order valence-electron chi connectivity index (χ3n) is 3.40. The molecule has 1 aromatic rings. The molecular formula is C12H18N2O5. The van der Waals surface area contributed by atoms with Crippen LogP contribution in [0.25, 0.3) is 0 Å². The van der Waals surface area contributed by atoms with Crippen molar-refractivity contribution in [1.82, 2.24) is 9.55 Å². The SMILES string of the molecule is CCc1cn([C@@H]2CC(OC)[C@H](CO)O2)c(=O)[nH]c1=O. The minimum Gasteiger partial charge on any atom is -0.394 e. The maximum Gasteiger partial charge on any atom is 0.330 e. The summed E-state index contributed by atoms with van der Waals surface area (Å²) in [6.07, 6.45) is 1.24. The highest BCUT2D eigenvalue weighted by atomic mass is 16.6. The molecule has 7 nitrogen and oxygen atoms in total. The maximum atomic E-state index is 11.8. The topological polar surface area (TPSA) is 93.6 Å². The number of methoxy groups -OCH3 is 1. The van der Waals surface area contributed by atoms with Gasteiger partial charge in [0.25, 0.3) is 5.56 Å². The van der Waals surface area contributed by atoms with Crippen LogP contribution >= 0.6 is 0 Å². The Morgan fingerprint density at radius 1 is 1.58 bits per heavy atom. The van der Waals surface area contributed by atoms with Crippen LogP contribution in [-0.2, 0) is 15.9 Å². The van der Waals surface area contributed by atoms with Gasteiger partial charge in [0.2, 0.25) is 0 Å². The number of ether oxygens (including phenoxy) is 2. The fourth-order valence-electron chi connectivity index (χ4n) is 2.28. The molecule has 0 bridgehead atoms. The van der Waals surface area contributed by atoms with Crippen LogP contribution in [0.15, 0.2) is 15.8 Å². The van der Waals surface area contributed by atoms with Crippen LogP contribution in [0, 0.1) is 0 Å². The summed E-state index contributed by atoms with van der Waals surface area (Å²) in [5.74, 6) is 0. The first-order chi connectivity index (χ1) is 9.10. The van der Waals surface area contributed by atoms with Gasteiger partial charge >= 0.3 is 5.69 Å². The quantitative estimate of drug-likeness (QED) is 0.761. The molecule has 2 rings (SSSR count). The largest absolute Gasteiger partial charge is 0.394 e. The Morgan fingerprint density at radius 3 is 2.84 bits per heavy atom. The molecule has 0 amide bonds. The molecule has 0 radical (unpaired) electrons. The van der Waals surface area contributed by atoms with E-state index in [0.717, 1.165) is 0 Å². The Labute approximate surface area is 109 Å². The molecule has 0 saturated carbocycles. The van der Waals surface area contributed by atoms with E-state index in [2.05, 4.69) is 4.98 Å². The van der Waals surface area contributed by atoms with Crippen molar-refractivity contribution in [3.8, 4) is 0 Å². The molecule has 7 heteroatoms. The zero-order chi connectivity index (χ0) is 14.0. The van der Waals surface area contributed by atoms with Gasteiger partial charge in [-0.05, 0) is 6.42 Å². The lowest BCUT2D eigenvalue weighted by molar-refractivity contribution is -0.0535. The zero-order valence-electron chi connectivity index (χ0n) is 11.0. The van der Waals surface area contributed by atoms with E-state index in [1.807, 2.05) is 6.92 Å². The number of aromatic nitrogens is 2. The molecule has 0 aliphatic carbocycles. The summed E-state index contributed by atoms with van der Waals surface area (Å²) in [5.41, 5.74) is -0.367. The predicted octanol–water partition coefficient (Wildman–Crippen LogP) is -0.606. The predicted molar refractivity (Wildman–Crippen MR) is 67.1 cm³/mol. The average molecular weight is 270 g/mol. The lowest BCUT2D eigenvalue weighted by atomic mass is 10.2. The van der Waals surface area contributed by atoms with E-state index in [9.17, 15) is 14.7 Å². The fraction of sp³-hybridized carbons (Fsp3) is 0.667. The molecular weight excluding hydrogens is 252 g/mol. The molecule has 1 unspecified atom stereocenters. The number of hydrogen-bond acceptors (Lipinski definition) is 5. The number of hydrogen-bond donors (Lipinski definition) is 2. The van der Waals surface area contributed by atoms with Crippen molar-refractivity contribution in [2.45, 2.75) is 38.2 Å². The molecule has 2 N–H and O–H groups in total. The summed E-state index contributed by atoms with van der Waals surface area (Å²) < 4.78 is 12.1. The molecule has 1 aliphatic heterocycles. The number of aryl methyl sites for hydroxylation is 1. The Bertz CT molecular complexity index is 538. The average Bonchev–Trinajstić information content (AvgIpc) is 2.82. The van der Waals surface area contributed by atoms with Crippen molar-refractivity contribution in [3.63, 3.8) is 0 Å². The Balaban J connectivity index is 2.33. The molecule has 19 heavy (non-hydrogen) atoms. The highest BCUT2D eigenvalue weighted by Gasteiger charge is 2.36. The highest BCUT2D eigenvalue weighted by molar-refractivity contribution is 5.04. The van der Waals surface area contributed by atoms with Crippen molar-refractivity contribution in [1.29, 1.82) is 0 Å². The lowest BCUT2D eigenvalue weighted by Gasteiger charge is -2.15. The van der Waals surface area contributed by atoms with Gasteiger partial charge < -0.3 is 14.6 Å². The molecule has 0 spiro atoms. The maximum absolute atomic E-state index is 11.8. The van der Waals surface area contributed by atoms with Gasteiger partial charge in [-0.15, -0.1) is 0 Å². The third-order valence-corrected chi connectivity index (χ3v) is 3.40. The smallest absolute Gasteiger partial charge is 0.330 e. The van der Waals surface area contributed by atoms with Gasteiger partial charge in [-0.25, -0.2) is 4.79 Å². The van der Waals surface area contributed by atoms with Gasteiger partial charge in [0.15, 0.2) is 0 Å². The number of rotatable bonds is 4. The van der Waals surface area contributed by atoms with Gasteiger partial charge in [-0.3, -0.25) is 14.3 Å². The summed E-state index contributed by atoms with van der Waals surface area (Å²) in [6.45, 7) is 1.66. The van der Waals surface area contributed by atoms with Gasteiger partial charge in [0.1, 0.15) is 12.3 Å². The van der Waals surface area contributed by atoms with Crippen molar-refractivity contribution >= 4 is 0 Å². The third kappa shape index (κ3) is 2.63. The molecule has 2 heterocycles. The second kappa shape index (κ2) is 5.68. The van der Waals surface area contributed by atoms with Crippen LogP contribution in [0.5, 0.6) is 0 Å². The number of nitrogens with zero attached hydrogens (tertiary/aromatic N) is 1. The first-order valence-electron chi connectivity index (χ1n) is 6.24. The molecule has 1 saturated heterocycles. The molecule has 106 valence electrons. The second-order valence-corrected chi connectivity index (χ2v) is 4.50. The summed E-state index contributed by atoms with van der Waals surface area (Å²) in [4.78, 5) is 25.6. The number of aromatic amines is 1. The minimum atomic E-state index is -0.531. The number of H-pyrrole nitrogens is 1. The van der Waals surface area contributed by atoms with Gasteiger partial charge in [0.05, 0.1) is 12.7 Å². The molecule has 3 atom stereocenters. The monoisotopic (exact) mass is 270 g/mol. The summed E-state index contributed by atoms with van der Waals surface area (Å²) in [6, 6.07) is 0. The van der Waals surface area contributed by atoms with Gasteiger partial charge in [-0.1, -0.05) is 6.92 Å². The number of nitrogens with one attached hydrogen (secondary N) is 1. The molecule has 1 fully saturated rings. The highest BCUT2D eigenvalue weighted by Crippen LogP contribution is 2.29. The Morgan fingerprint density at radius 2 is 2.32 bits per heavy atom. The van der Waals surface area contributed by atoms with Crippen molar-refractivity contribution in [3.05, 3.63) is 32.6 Å². The summed E-state index contributed by atoms with van der Waals surface area (Å²) >= 11 is 0. The van der Waals surface area contributed by atoms with E-state index in [1.54, 1.807) is 0 Å². The second-order valence-electron chi connectivity index (χ2n) is 4.50. The van der Waals surface area contributed by atoms with E-state index < -0.39 is 18.0 Å². The molecule has 0 aromatic carbocycles. The van der Waals surface area contributed by atoms with Crippen molar-refractivity contribution in [2.75, 3.05) is 13.7 Å². The van der Waals surface area contributed by atoms with Crippen LogP contribution in [0.1, 0.15) is 25.1 Å². The Hall–Kier alpha value is -1.44. The van der Waals surface area contributed by atoms with Crippen LogP contribution in [0.3, 0.4) is 0 Å². The summed E-state index contributed by atoms with van der Waals surface area (Å²) in [5, 5.41) is 9.20. The van der Waals surface area contributed by atoms with Crippen LogP contribution in [0.2, 0.25) is 0 Å². The van der Waals surface area contributed by atoms with Crippen molar-refractivity contribution in [2.24, 2.45) is 0 Å². The van der Waals surface area contributed by atoms with E-state index >= 15 is 0 Å². The minimum absolute atomic E-state index is 0.173. The van der Waals surface area contributed by atoms with E-state index in [0.29, 0.717) is 18.4 Å². The normalized spacial score (nSPS) is 26.8. The fourth-order valence-corrected chi connectivity index (χ4v) is 2.28. The van der Waals surface area contributed by atoms with Crippen LogP contribution < -0.4 is 11.2 Å². The molecule has 1 aromatic heterocycles. The van der Waals surface area contributed by atoms with Crippen molar-refractivity contribution < 1.29 is 14.6 Å². The van der Waals surface area contributed by atoms with E-state index in [1.165, 1.54) is 17.9 Å².